The molecular weight excluding hydrogens is 368 g/mol. The lowest BCUT2D eigenvalue weighted by Gasteiger charge is -2.15. The first-order valence-electron chi connectivity index (χ1n) is 7.98. The van der Waals surface area contributed by atoms with Crippen LogP contribution in [0.2, 0.25) is 0 Å². The maximum Gasteiger partial charge on any atom is 0.266 e. The highest BCUT2D eigenvalue weighted by molar-refractivity contribution is 8.26. The van der Waals surface area contributed by atoms with Crippen molar-refractivity contribution in [3.63, 3.8) is 0 Å². The number of rotatable bonds is 6. The molecule has 0 radical (unpaired) electrons. The molecule has 26 heavy (non-hydrogen) atoms. The van der Waals surface area contributed by atoms with Crippen molar-refractivity contribution in [2.75, 3.05) is 20.8 Å². The Kier molecular flexibility index (Phi) is 5.90. The van der Waals surface area contributed by atoms with Gasteiger partial charge in [0.15, 0.2) is 11.5 Å². The molecule has 1 aromatic heterocycles. The van der Waals surface area contributed by atoms with Gasteiger partial charge in [-0.25, -0.2) is 0 Å². The van der Waals surface area contributed by atoms with E-state index in [1.807, 2.05) is 36.4 Å². The summed E-state index contributed by atoms with van der Waals surface area (Å²) in [6, 6.07) is 9.49. The predicted molar refractivity (Wildman–Crippen MR) is 107 cm³/mol. The molecule has 134 valence electrons. The van der Waals surface area contributed by atoms with Crippen LogP contribution in [-0.2, 0) is 11.2 Å². The number of hydrogen-bond acceptors (Lipinski definition) is 6. The van der Waals surface area contributed by atoms with Crippen molar-refractivity contribution in [3.8, 4) is 11.5 Å². The number of pyridine rings is 1. The van der Waals surface area contributed by atoms with Gasteiger partial charge in [0.2, 0.25) is 0 Å². The molecule has 0 N–H and O–H groups in total. The fourth-order valence-electron chi connectivity index (χ4n) is 2.58. The first kappa shape index (κ1) is 18.4. The van der Waals surface area contributed by atoms with Crippen LogP contribution in [0.4, 0.5) is 0 Å². The fourth-order valence-corrected chi connectivity index (χ4v) is 3.89. The monoisotopic (exact) mass is 386 g/mol. The third-order valence-electron chi connectivity index (χ3n) is 3.93. The highest BCUT2D eigenvalue weighted by atomic mass is 32.2. The summed E-state index contributed by atoms with van der Waals surface area (Å²) >= 11 is 6.70. The summed E-state index contributed by atoms with van der Waals surface area (Å²) in [7, 11) is 3.21. The van der Waals surface area contributed by atoms with E-state index in [2.05, 4.69) is 4.98 Å². The van der Waals surface area contributed by atoms with Crippen molar-refractivity contribution in [2.45, 2.75) is 6.42 Å². The Bertz CT molecular complexity index is 853. The highest BCUT2D eigenvalue weighted by Gasteiger charge is 2.31. The zero-order valence-corrected chi connectivity index (χ0v) is 16.1. The number of nitrogens with zero attached hydrogens (tertiary/aromatic N) is 2. The quantitative estimate of drug-likeness (QED) is 0.559. The van der Waals surface area contributed by atoms with E-state index in [0.29, 0.717) is 33.7 Å². The lowest BCUT2D eigenvalue weighted by molar-refractivity contribution is -0.122. The second-order valence-corrected chi connectivity index (χ2v) is 7.23. The third kappa shape index (κ3) is 4.05. The molecule has 0 spiro atoms. The normalized spacial score (nSPS) is 15.6. The maximum absolute atomic E-state index is 12.6. The molecule has 1 fully saturated rings. The van der Waals surface area contributed by atoms with Crippen molar-refractivity contribution in [2.24, 2.45) is 0 Å². The third-order valence-corrected chi connectivity index (χ3v) is 5.31. The Morgan fingerprint density at radius 3 is 2.73 bits per heavy atom. The zero-order chi connectivity index (χ0) is 18.5. The SMILES string of the molecule is COc1ccc(CCN2C(=O)/C(=C/c3cccnc3)SC2=S)cc1OC. The summed E-state index contributed by atoms with van der Waals surface area (Å²) < 4.78 is 11.1. The van der Waals surface area contributed by atoms with Crippen LogP contribution in [0.3, 0.4) is 0 Å². The molecule has 1 aliphatic heterocycles. The minimum atomic E-state index is -0.0654. The second kappa shape index (κ2) is 8.33. The number of carbonyl (C=O) groups is 1. The van der Waals surface area contributed by atoms with E-state index in [1.54, 1.807) is 31.5 Å². The zero-order valence-electron chi connectivity index (χ0n) is 14.5. The van der Waals surface area contributed by atoms with Gasteiger partial charge in [0.1, 0.15) is 4.32 Å². The summed E-state index contributed by atoms with van der Waals surface area (Å²) in [6.07, 6.45) is 5.91. The van der Waals surface area contributed by atoms with Gasteiger partial charge in [0.05, 0.1) is 19.1 Å². The number of aromatic nitrogens is 1. The molecule has 5 nitrogen and oxygen atoms in total. The molecule has 0 aliphatic carbocycles. The Labute approximate surface area is 162 Å². The fraction of sp³-hybridized carbons (Fsp3) is 0.211. The van der Waals surface area contributed by atoms with Gasteiger partial charge in [-0.2, -0.15) is 0 Å². The van der Waals surface area contributed by atoms with Crippen LogP contribution in [0.15, 0.2) is 47.6 Å². The molecule has 3 rings (SSSR count). The second-order valence-electron chi connectivity index (χ2n) is 5.56. The number of hydrogen-bond donors (Lipinski definition) is 0. The first-order valence-corrected chi connectivity index (χ1v) is 9.21. The average molecular weight is 386 g/mol. The lowest BCUT2D eigenvalue weighted by atomic mass is 10.1. The van der Waals surface area contributed by atoms with Crippen molar-refractivity contribution >= 4 is 40.3 Å². The topological polar surface area (TPSA) is 51.7 Å². The van der Waals surface area contributed by atoms with Crippen LogP contribution in [0, 0.1) is 0 Å². The van der Waals surface area contributed by atoms with Gasteiger partial charge in [-0.1, -0.05) is 36.1 Å². The van der Waals surface area contributed by atoms with E-state index in [0.717, 1.165) is 11.1 Å². The molecular formula is C19H18N2O3S2. The number of amides is 1. The lowest BCUT2D eigenvalue weighted by Crippen LogP contribution is -2.30. The van der Waals surface area contributed by atoms with Crippen LogP contribution < -0.4 is 9.47 Å². The first-order chi connectivity index (χ1) is 12.6. The van der Waals surface area contributed by atoms with Crippen LogP contribution >= 0.6 is 24.0 Å². The summed E-state index contributed by atoms with van der Waals surface area (Å²) in [6.45, 7) is 0.518. The van der Waals surface area contributed by atoms with Crippen molar-refractivity contribution in [1.29, 1.82) is 0 Å². The van der Waals surface area contributed by atoms with Gasteiger partial charge >= 0.3 is 0 Å². The van der Waals surface area contributed by atoms with Crippen molar-refractivity contribution in [3.05, 3.63) is 58.8 Å². The molecule has 0 unspecified atom stereocenters. The van der Waals surface area contributed by atoms with Crippen LogP contribution in [-0.4, -0.2) is 40.9 Å². The number of thioether (sulfide) groups is 1. The molecule has 1 aliphatic rings. The molecule has 0 bridgehead atoms. The van der Waals surface area contributed by atoms with Gasteiger partial charge in [-0.05, 0) is 41.8 Å². The Hall–Kier alpha value is -2.38. The molecule has 2 aromatic rings. The minimum absolute atomic E-state index is 0.0654. The number of benzene rings is 1. The molecule has 0 saturated carbocycles. The summed E-state index contributed by atoms with van der Waals surface area (Å²) in [5.74, 6) is 1.29. The van der Waals surface area contributed by atoms with Gasteiger partial charge in [0.25, 0.3) is 5.91 Å². The number of ether oxygens (including phenoxy) is 2. The minimum Gasteiger partial charge on any atom is -0.493 e. The van der Waals surface area contributed by atoms with Gasteiger partial charge in [0, 0.05) is 18.9 Å². The van der Waals surface area contributed by atoms with E-state index in [1.165, 1.54) is 11.8 Å². The molecule has 1 aromatic carbocycles. The summed E-state index contributed by atoms with van der Waals surface area (Å²) in [4.78, 5) is 19.0. The van der Waals surface area contributed by atoms with E-state index in [4.69, 9.17) is 21.7 Å². The number of thiocarbonyl (C=S) groups is 1. The van der Waals surface area contributed by atoms with Gasteiger partial charge in [-0.3, -0.25) is 14.7 Å². The van der Waals surface area contributed by atoms with Gasteiger partial charge < -0.3 is 9.47 Å². The molecule has 2 heterocycles. The molecule has 1 amide bonds. The number of carbonyl (C=O) groups excluding carboxylic acids is 1. The number of methoxy groups -OCH3 is 2. The van der Waals surface area contributed by atoms with E-state index in [9.17, 15) is 4.79 Å². The predicted octanol–water partition coefficient (Wildman–Crippen LogP) is 3.54. The largest absolute Gasteiger partial charge is 0.493 e. The molecule has 1 saturated heterocycles. The molecule has 0 atom stereocenters. The maximum atomic E-state index is 12.6. The van der Waals surface area contributed by atoms with Crippen molar-refractivity contribution < 1.29 is 14.3 Å². The van der Waals surface area contributed by atoms with Crippen molar-refractivity contribution in [1.82, 2.24) is 9.88 Å². The smallest absolute Gasteiger partial charge is 0.266 e. The van der Waals surface area contributed by atoms with E-state index in [-0.39, 0.29) is 5.91 Å². The summed E-state index contributed by atoms with van der Waals surface area (Å²) in [5, 5.41) is 0. The summed E-state index contributed by atoms with van der Waals surface area (Å²) in [5.41, 5.74) is 1.93. The van der Waals surface area contributed by atoms with Gasteiger partial charge in [-0.15, -0.1) is 0 Å². The van der Waals surface area contributed by atoms with E-state index >= 15 is 0 Å². The Morgan fingerprint density at radius 1 is 1.23 bits per heavy atom. The highest BCUT2D eigenvalue weighted by Crippen LogP contribution is 2.33. The Balaban J connectivity index is 1.70. The Morgan fingerprint density at radius 2 is 2.04 bits per heavy atom. The molecule has 7 heteroatoms. The van der Waals surface area contributed by atoms with Crippen LogP contribution in [0.1, 0.15) is 11.1 Å². The van der Waals surface area contributed by atoms with Crippen LogP contribution in [0.5, 0.6) is 11.5 Å². The van der Waals surface area contributed by atoms with Crippen LogP contribution in [0.25, 0.3) is 6.08 Å². The average Bonchev–Trinajstić information content (AvgIpc) is 2.93. The standard InChI is InChI=1S/C19H18N2O3S2/c1-23-15-6-5-13(10-16(15)24-2)7-9-21-18(22)17(26-19(21)25)11-14-4-3-8-20-12-14/h3-6,8,10-12H,7,9H2,1-2H3/b17-11-. The van der Waals surface area contributed by atoms with E-state index < -0.39 is 0 Å².